The highest BCUT2D eigenvalue weighted by molar-refractivity contribution is 7.98. The van der Waals surface area contributed by atoms with E-state index in [-0.39, 0.29) is 5.91 Å². The maximum absolute atomic E-state index is 14.0. The number of nitrogens with one attached hydrogen (secondary N) is 1. The van der Waals surface area contributed by atoms with Crippen molar-refractivity contribution in [2.24, 2.45) is 0 Å². The van der Waals surface area contributed by atoms with Gasteiger partial charge in [0.1, 0.15) is 16.8 Å². The van der Waals surface area contributed by atoms with Crippen LogP contribution in [-0.2, 0) is 21.4 Å². The average Bonchev–Trinajstić information content (AvgIpc) is 2.77. The van der Waals surface area contributed by atoms with Gasteiger partial charge in [-0.05, 0) is 48.3 Å². The lowest BCUT2D eigenvalue weighted by atomic mass is 10.2. The number of carbonyl (C=O) groups excluding carboxylic acids is 1. The second-order valence-electron chi connectivity index (χ2n) is 7.34. The number of nitrogens with zero attached hydrogens (tertiary/aromatic N) is 3. The number of thioether (sulfide) groups is 1. The van der Waals surface area contributed by atoms with E-state index in [9.17, 15) is 17.6 Å². The Morgan fingerprint density at radius 1 is 1.16 bits per heavy atom. The summed E-state index contributed by atoms with van der Waals surface area (Å²) in [5.74, 6) is -0.494. The second kappa shape index (κ2) is 11.0. The summed E-state index contributed by atoms with van der Waals surface area (Å²) in [6.45, 7) is 3.20. The largest absolute Gasteiger partial charge is 0.339 e. The maximum atomic E-state index is 14.0. The molecule has 0 spiro atoms. The van der Waals surface area contributed by atoms with Gasteiger partial charge in [-0.25, -0.2) is 12.8 Å². The van der Waals surface area contributed by atoms with Crippen LogP contribution in [-0.4, -0.2) is 73.3 Å². The number of sulfonamides is 1. The number of hydrogen-bond donors (Lipinski definition) is 1. The first-order valence-electron chi connectivity index (χ1n) is 10.1. The Hall–Kier alpha value is -2.01. The molecule has 0 saturated carbocycles. The summed E-state index contributed by atoms with van der Waals surface area (Å²) in [5.41, 5.74) is 1.16. The van der Waals surface area contributed by atoms with E-state index in [0.29, 0.717) is 38.4 Å². The standard InChI is InChI=1S/C21H27FN4O3S2/c1-30-15-8-19(24-31(28,29)20-5-3-2-4-18(20)22)21(27)26-13-11-25(12-14-26)16-17-6-9-23-10-7-17/h2-7,9-10,19,24H,8,11-16H2,1H3. The van der Waals surface area contributed by atoms with Crippen molar-refractivity contribution < 1.29 is 17.6 Å². The van der Waals surface area contributed by atoms with Gasteiger partial charge in [0.25, 0.3) is 0 Å². The van der Waals surface area contributed by atoms with Crippen LogP contribution in [0.15, 0.2) is 53.7 Å². The van der Waals surface area contributed by atoms with Gasteiger partial charge in [-0.15, -0.1) is 0 Å². The first kappa shape index (κ1) is 23.6. The summed E-state index contributed by atoms with van der Waals surface area (Å²) in [5, 5.41) is 0. The zero-order chi connectivity index (χ0) is 22.3. The molecule has 3 rings (SSSR count). The van der Waals surface area contributed by atoms with Crippen molar-refractivity contribution in [3.63, 3.8) is 0 Å². The third-order valence-corrected chi connectivity index (χ3v) is 7.32. The third-order valence-electron chi connectivity index (χ3n) is 5.17. The molecule has 1 aliphatic rings. The van der Waals surface area contributed by atoms with Crippen LogP contribution in [0.5, 0.6) is 0 Å². The number of halogens is 1. The summed E-state index contributed by atoms with van der Waals surface area (Å²) in [6.07, 6.45) is 5.75. The van der Waals surface area contributed by atoms with Gasteiger partial charge in [0.15, 0.2) is 0 Å². The van der Waals surface area contributed by atoms with Crippen LogP contribution in [0, 0.1) is 5.82 Å². The summed E-state index contributed by atoms with van der Waals surface area (Å²) < 4.78 is 41.9. The van der Waals surface area contributed by atoms with Gasteiger partial charge in [0.05, 0.1) is 0 Å². The number of amides is 1. The Kier molecular flexibility index (Phi) is 8.42. The minimum absolute atomic E-state index is 0.266. The minimum atomic E-state index is -4.15. The number of benzene rings is 1. The van der Waals surface area contributed by atoms with E-state index in [4.69, 9.17) is 0 Å². The van der Waals surface area contributed by atoms with E-state index in [1.54, 1.807) is 17.3 Å². The molecule has 31 heavy (non-hydrogen) atoms. The second-order valence-corrected chi connectivity index (χ2v) is 10.0. The molecule has 168 valence electrons. The zero-order valence-electron chi connectivity index (χ0n) is 17.4. The van der Waals surface area contributed by atoms with Gasteiger partial charge in [-0.1, -0.05) is 12.1 Å². The first-order valence-corrected chi connectivity index (χ1v) is 12.9. The van der Waals surface area contributed by atoms with Crippen molar-refractivity contribution in [2.45, 2.75) is 23.9 Å². The lowest BCUT2D eigenvalue weighted by Gasteiger charge is -2.36. The number of rotatable bonds is 9. The SMILES string of the molecule is CSCCC(NS(=O)(=O)c1ccccc1F)C(=O)N1CCN(Cc2ccncc2)CC1. The van der Waals surface area contributed by atoms with Crippen molar-refractivity contribution in [2.75, 3.05) is 38.2 Å². The molecule has 0 aliphatic carbocycles. The van der Waals surface area contributed by atoms with Crippen LogP contribution in [0.1, 0.15) is 12.0 Å². The van der Waals surface area contributed by atoms with E-state index in [2.05, 4.69) is 14.6 Å². The van der Waals surface area contributed by atoms with Gasteiger partial charge in [-0.3, -0.25) is 14.7 Å². The quantitative estimate of drug-likeness (QED) is 0.609. The van der Waals surface area contributed by atoms with Crippen LogP contribution in [0.25, 0.3) is 0 Å². The fraction of sp³-hybridized carbons (Fsp3) is 0.429. The monoisotopic (exact) mass is 466 g/mol. The number of hydrogen-bond acceptors (Lipinski definition) is 6. The van der Waals surface area contributed by atoms with Crippen molar-refractivity contribution in [1.82, 2.24) is 19.5 Å². The first-order chi connectivity index (χ1) is 14.9. The molecule has 1 unspecified atom stereocenters. The van der Waals surface area contributed by atoms with E-state index in [1.807, 2.05) is 18.4 Å². The van der Waals surface area contributed by atoms with Gasteiger partial charge >= 0.3 is 0 Å². The molecule has 1 saturated heterocycles. The zero-order valence-corrected chi connectivity index (χ0v) is 19.0. The molecule has 1 fully saturated rings. The van der Waals surface area contributed by atoms with Crippen LogP contribution < -0.4 is 4.72 Å². The molecular formula is C21H27FN4O3S2. The molecule has 1 aliphatic heterocycles. The van der Waals surface area contributed by atoms with Gasteiger partial charge in [-0.2, -0.15) is 16.5 Å². The number of aromatic nitrogens is 1. The van der Waals surface area contributed by atoms with Gasteiger partial charge in [0.2, 0.25) is 15.9 Å². The summed E-state index contributed by atoms with van der Waals surface area (Å²) >= 11 is 1.53. The van der Waals surface area contributed by atoms with Crippen molar-refractivity contribution in [1.29, 1.82) is 0 Å². The Morgan fingerprint density at radius 2 is 1.84 bits per heavy atom. The highest BCUT2D eigenvalue weighted by atomic mass is 32.2. The molecule has 1 atom stereocenters. The van der Waals surface area contributed by atoms with E-state index < -0.39 is 26.8 Å². The van der Waals surface area contributed by atoms with Crippen molar-refractivity contribution in [3.8, 4) is 0 Å². The van der Waals surface area contributed by atoms with E-state index in [0.717, 1.165) is 18.2 Å². The molecule has 1 aromatic carbocycles. The molecule has 0 radical (unpaired) electrons. The smallest absolute Gasteiger partial charge is 0.244 e. The molecule has 1 aromatic heterocycles. The Balaban J connectivity index is 1.64. The minimum Gasteiger partial charge on any atom is -0.339 e. The molecule has 2 heterocycles. The Labute approximate surface area is 187 Å². The Morgan fingerprint density at radius 3 is 2.48 bits per heavy atom. The van der Waals surface area contributed by atoms with Crippen molar-refractivity contribution in [3.05, 3.63) is 60.2 Å². The van der Waals surface area contributed by atoms with Gasteiger partial charge < -0.3 is 4.90 Å². The van der Waals surface area contributed by atoms with Crippen molar-refractivity contribution >= 4 is 27.7 Å². The summed E-state index contributed by atoms with van der Waals surface area (Å²) in [6, 6.07) is 8.18. The van der Waals surface area contributed by atoms with Crippen LogP contribution in [0.3, 0.4) is 0 Å². The predicted molar refractivity (Wildman–Crippen MR) is 120 cm³/mol. The van der Waals surface area contributed by atoms with E-state index in [1.165, 1.54) is 30.0 Å². The lowest BCUT2D eigenvalue weighted by Crippen LogP contribution is -2.54. The van der Waals surface area contributed by atoms with Crippen LogP contribution in [0.4, 0.5) is 4.39 Å². The third kappa shape index (κ3) is 6.49. The molecule has 10 heteroatoms. The fourth-order valence-corrected chi connectivity index (χ4v) is 5.25. The molecular weight excluding hydrogens is 439 g/mol. The van der Waals surface area contributed by atoms with Crippen LogP contribution >= 0.6 is 11.8 Å². The number of pyridine rings is 1. The normalized spacial score (nSPS) is 16.3. The predicted octanol–water partition coefficient (Wildman–Crippen LogP) is 1.97. The summed E-state index contributed by atoms with van der Waals surface area (Å²) in [4.78, 5) is 20.7. The highest BCUT2D eigenvalue weighted by Gasteiger charge is 2.31. The molecule has 7 nitrogen and oxygen atoms in total. The number of carbonyl (C=O) groups is 1. The fourth-order valence-electron chi connectivity index (χ4n) is 3.48. The van der Waals surface area contributed by atoms with Gasteiger partial charge in [0, 0.05) is 45.1 Å². The average molecular weight is 467 g/mol. The maximum Gasteiger partial charge on any atom is 0.244 e. The Bertz CT molecular complexity index is 968. The molecule has 1 amide bonds. The summed E-state index contributed by atoms with van der Waals surface area (Å²) in [7, 11) is -4.15. The van der Waals surface area contributed by atoms with E-state index >= 15 is 0 Å². The molecule has 2 aromatic rings. The molecule has 1 N–H and O–H groups in total. The topological polar surface area (TPSA) is 82.6 Å². The number of piperazine rings is 1. The molecule has 0 bridgehead atoms. The lowest BCUT2D eigenvalue weighted by molar-refractivity contribution is -0.134. The highest BCUT2D eigenvalue weighted by Crippen LogP contribution is 2.17. The van der Waals surface area contributed by atoms with Crippen LogP contribution in [0.2, 0.25) is 0 Å².